The van der Waals surface area contributed by atoms with Crippen molar-refractivity contribution in [2.75, 3.05) is 13.2 Å². The van der Waals surface area contributed by atoms with Crippen LogP contribution in [0, 0.1) is 46.6 Å². The maximum absolute atomic E-state index is 14.9. The van der Waals surface area contributed by atoms with Crippen LogP contribution in [0.5, 0.6) is 5.75 Å². The molecule has 0 saturated carbocycles. The second kappa shape index (κ2) is 11.8. The Morgan fingerprint density at radius 1 is 0.674 bits per heavy atom. The van der Waals surface area contributed by atoms with Crippen LogP contribution < -0.4 is 4.74 Å². The normalized spacial score (nSPS) is 17.1. The highest BCUT2D eigenvalue weighted by Crippen LogP contribution is 2.39. The van der Waals surface area contributed by atoms with E-state index in [-0.39, 0.29) is 46.9 Å². The van der Waals surface area contributed by atoms with Gasteiger partial charge in [-0.2, -0.15) is 8.78 Å². The van der Waals surface area contributed by atoms with E-state index in [1.807, 2.05) is 0 Å². The van der Waals surface area contributed by atoms with Crippen LogP contribution in [0.3, 0.4) is 0 Å². The van der Waals surface area contributed by atoms with Gasteiger partial charge < -0.3 is 14.2 Å². The van der Waals surface area contributed by atoms with Gasteiger partial charge in [0.15, 0.2) is 23.7 Å². The molecule has 3 nitrogen and oxygen atoms in total. The van der Waals surface area contributed by atoms with Crippen LogP contribution in [-0.4, -0.2) is 13.2 Å². The van der Waals surface area contributed by atoms with Gasteiger partial charge in [0.05, 0.1) is 13.2 Å². The fourth-order valence-corrected chi connectivity index (χ4v) is 4.47. The van der Waals surface area contributed by atoms with Crippen molar-refractivity contribution in [1.29, 1.82) is 0 Å². The van der Waals surface area contributed by atoms with Crippen molar-refractivity contribution in [2.45, 2.75) is 12.4 Å². The molecule has 0 spiro atoms. The predicted octanol–water partition coefficient (Wildman–Crippen LogP) is 8.97. The number of hydrogen-bond donors (Lipinski definition) is 0. The van der Waals surface area contributed by atoms with Crippen LogP contribution in [0.4, 0.5) is 39.5 Å². The first kappa shape index (κ1) is 30.2. The van der Waals surface area contributed by atoms with Crippen molar-refractivity contribution in [3.63, 3.8) is 0 Å². The molecule has 0 unspecified atom stereocenters. The van der Waals surface area contributed by atoms with E-state index in [4.69, 9.17) is 9.47 Å². The Hall–Kier alpha value is -4.29. The van der Waals surface area contributed by atoms with Crippen molar-refractivity contribution < 1.29 is 53.7 Å². The Morgan fingerprint density at radius 3 is 1.77 bits per heavy atom. The lowest BCUT2D eigenvalue weighted by Crippen LogP contribution is -2.28. The number of alkyl halides is 2. The molecule has 0 N–H and O–H groups in total. The number of rotatable bonds is 7. The fraction of sp³-hybridized carbons (Fsp3) is 0.161. The molecule has 0 bridgehead atoms. The standard InChI is InChI=1S/C31H19F9O3/c1-2-15-13-41-30(42-14-15)18-10-24(34)28(25(35)11-18)31(39,40)43-19-4-6-20(23(33)12-19)16-3-5-21(22(32)7-16)17-8-26(36)29(38)27(37)9-17/h2-12,15,30H,1,13-14H2. The highest BCUT2D eigenvalue weighted by atomic mass is 19.3. The molecule has 1 aliphatic heterocycles. The maximum atomic E-state index is 14.9. The van der Waals surface area contributed by atoms with Crippen molar-refractivity contribution in [3.05, 3.63) is 125 Å². The summed E-state index contributed by atoms with van der Waals surface area (Å²) in [5.41, 5.74) is -2.93. The molecule has 0 aromatic heterocycles. The van der Waals surface area contributed by atoms with Gasteiger partial charge in [-0.25, -0.2) is 30.7 Å². The molecule has 43 heavy (non-hydrogen) atoms. The predicted molar refractivity (Wildman–Crippen MR) is 136 cm³/mol. The average Bonchev–Trinajstić information content (AvgIpc) is 2.95. The zero-order valence-corrected chi connectivity index (χ0v) is 21.8. The Kier molecular flexibility index (Phi) is 8.26. The van der Waals surface area contributed by atoms with Crippen molar-refractivity contribution >= 4 is 0 Å². The third kappa shape index (κ3) is 6.11. The first-order chi connectivity index (χ1) is 20.4. The van der Waals surface area contributed by atoms with Crippen molar-refractivity contribution in [2.24, 2.45) is 5.92 Å². The molecular formula is C31H19F9O3. The Labute approximate surface area is 238 Å². The largest absolute Gasteiger partial charge is 0.432 e. The van der Waals surface area contributed by atoms with E-state index in [1.54, 1.807) is 6.08 Å². The van der Waals surface area contributed by atoms with Crippen LogP contribution in [0.25, 0.3) is 22.3 Å². The lowest BCUT2D eigenvalue weighted by Gasteiger charge is -2.28. The Bertz CT molecular complexity index is 1650. The molecule has 4 aromatic carbocycles. The summed E-state index contributed by atoms with van der Waals surface area (Å²) < 4.78 is 145. The Morgan fingerprint density at radius 2 is 1.21 bits per heavy atom. The maximum Gasteiger partial charge on any atom is 0.432 e. The highest BCUT2D eigenvalue weighted by Gasteiger charge is 2.42. The topological polar surface area (TPSA) is 27.7 Å². The quantitative estimate of drug-likeness (QED) is 0.119. The lowest BCUT2D eigenvalue weighted by molar-refractivity contribution is -0.198. The second-order valence-corrected chi connectivity index (χ2v) is 9.56. The van der Waals surface area contributed by atoms with Crippen LogP contribution in [0.2, 0.25) is 0 Å². The second-order valence-electron chi connectivity index (χ2n) is 9.56. The van der Waals surface area contributed by atoms with Crippen LogP contribution in [-0.2, 0) is 15.6 Å². The summed E-state index contributed by atoms with van der Waals surface area (Å²) in [5, 5.41) is 0. The van der Waals surface area contributed by atoms with Gasteiger partial charge in [0.1, 0.15) is 34.6 Å². The van der Waals surface area contributed by atoms with E-state index in [0.29, 0.717) is 30.3 Å². The zero-order chi connectivity index (χ0) is 31.1. The third-order valence-electron chi connectivity index (χ3n) is 6.65. The number of hydrogen-bond acceptors (Lipinski definition) is 3. The molecule has 224 valence electrons. The number of ether oxygens (including phenoxy) is 3. The van der Waals surface area contributed by atoms with Crippen LogP contribution >= 0.6 is 0 Å². The van der Waals surface area contributed by atoms with Crippen LogP contribution in [0.15, 0.2) is 73.3 Å². The summed E-state index contributed by atoms with van der Waals surface area (Å²) in [6.07, 6.45) is -4.21. The van der Waals surface area contributed by atoms with Crippen molar-refractivity contribution in [1.82, 2.24) is 0 Å². The van der Waals surface area contributed by atoms with Gasteiger partial charge in [-0.1, -0.05) is 18.2 Å². The minimum Gasteiger partial charge on any atom is -0.429 e. The minimum atomic E-state index is -4.59. The summed E-state index contributed by atoms with van der Waals surface area (Å²) in [7, 11) is 0. The van der Waals surface area contributed by atoms with Gasteiger partial charge in [0.25, 0.3) is 0 Å². The molecule has 5 rings (SSSR count). The van der Waals surface area contributed by atoms with Gasteiger partial charge in [0, 0.05) is 28.7 Å². The van der Waals surface area contributed by atoms with Crippen LogP contribution in [0.1, 0.15) is 17.4 Å². The smallest absolute Gasteiger partial charge is 0.429 e. The number of halogens is 9. The molecule has 0 amide bonds. The summed E-state index contributed by atoms with van der Waals surface area (Å²) in [6.45, 7) is 3.87. The van der Waals surface area contributed by atoms with E-state index in [1.165, 1.54) is 6.07 Å². The lowest BCUT2D eigenvalue weighted by atomic mass is 9.99. The van der Waals surface area contributed by atoms with Gasteiger partial charge in [0.2, 0.25) is 0 Å². The fourth-order valence-electron chi connectivity index (χ4n) is 4.47. The molecule has 0 aliphatic carbocycles. The van der Waals surface area contributed by atoms with E-state index in [2.05, 4.69) is 11.3 Å². The first-order valence-electron chi connectivity index (χ1n) is 12.5. The molecular weight excluding hydrogens is 591 g/mol. The monoisotopic (exact) mass is 610 g/mol. The highest BCUT2D eigenvalue weighted by molar-refractivity contribution is 5.72. The van der Waals surface area contributed by atoms with Crippen molar-refractivity contribution in [3.8, 4) is 28.0 Å². The molecule has 0 radical (unpaired) electrons. The SMILES string of the molecule is C=CC1COC(c2cc(F)c(C(F)(F)Oc3ccc(-c4ccc(-c5cc(F)c(F)c(F)c5)c(F)c4)c(F)c3)c(F)c2)OC1. The van der Waals surface area contributed by atoms with Gasteiger partial charge in [-0.3, -0.25) is 0 Å². The molecule has 1 aliphatic rings. The van der Waals surface area contributed by atoms with E-state index in [0.717, 1.165) is 24.3 Å². The molecule has 0 atom stereocenters. The number of benzene rings is 4. The molecule has 1 heterocycles. The molecule has 1 saturated heterocycles. The first-order valence-corrected chi connectivity index (χ1v) is 12.5. The summed E-state index contributed by atoms with van der Waals surface area (Å²) in [6, 6.07) is 7.77. The van der Waals surface area contributed by atoms with E-state index >= 15 is 0 Å². The molecule has 12 heteroatoms. The third-order valence-corrected chi connectivity index (χ3v) is 6.65. The van der Waals surface area contributed by atoms with E-state index < -0.39 is 64.4 Å². The van der Waals surface area contributed by atoms with E-state index in [9.17, 15) is 39.5 Å². The molecule has 1 fully saturated rings. The summed E-state index contributed by atoms with van der Waals surface area (Å²) >= 11 is 0. The zero-order valence-electron chi connectivity index (χ0n) is 21.8. The minimum absolute atomic E-state index is 0.0978. The molecule has 4 aromatic rings. The van der Waals surface area contributed by atoms with Gasteiger partial charge in [-0.15, -0.1) is 6.58 Å². The average molecular weight is 610 g/mol. The summed E-state index contributed by atoms with van der Waals surface area (Å²) in [4.78, 5) is 0. The van der Waals surface area contributed by atoms with Gasteiger partial charge in [-0.05, 0) is 53.6 Å². The Balaban J connectivity index is 1.36. The summed E-state index contributed by atoms with van der Waals surface area (Å²) in [5.74, 6) is -11.3. The van der Waals surface area contributed by atoms with Gasteiger partial charge >= 0.3 is 6.11 Å².